The van der Waals surface area contributed by atoms with Gasteiger partial charge in [0.25, 0.3) is 0 Å². The Morgan fingerprint density at radius 3 is 2.41 bits per heavy atom. The fourth-order valence-corrected chi connectivity index (χ4v) is 2.47. The molecule has 0 unspecified atom stereocenters. The number of piperazine rings is 1. The van der Waals surface area contributed by atoms with Gasteiger partial charge in [0.05, 0.1) is 0 Å². The van der Waals surface area contributed by atoms with E-state index in [1.165, 1.54) is 0 Å². The summed E-state index contributed by atoms with van der Waals surface area (Å²) in [6, 6.07) is 5.73. The third-order valence-corrected chi connectivity index (χ3v) is 3.80. The monoisotopic (exact) mass is 253 g/mol. The first kappa shape index (κ1) is 12.7. The van der Waals surface area contributed by atoms with E-state index in [9.17, 15) is 0 Å². The van der Waals surface area contributed by atoms with Gasteiger partial charge >= 0.3 is 0 Å². The smallest absolute Gasteiger partial charge is 0.0471 e. The van der Waals surface area contributed by atoms with Gasteiger partial charge in [0, 0.05) is 49.0 Å². The predicted octanol–water partition coefficient (Wildman–Crippen LogP) is 2.06. The summed E-state index contributed by atoms with van der Waals surface area (Å²) in [7, 11) is 0. The summed E-state index contributed by atoms with van der Waals surface area (Å²) in [4.78, 5) is 4.89. The zero-order chi connectivity index (χ0) is 12.3. The maximum atomic E-state index is 6.19. The first-order valence-electron chi connectivity index (χ1n) is 6.18. The Kier molecular flexibility index (Phi) is 4.26. The molecule has 1 fully saturated rings. The van der Waals surface area contributed by atoms with Crippen LogP contribution in [0.15, 0.2) is 18.2 Å². The molecule has 0 amide bonds. The Morgan fingerprint density at radius 2 is 1.82 bits per heavy atom. The van der Waals surface area contributed by atoms with Crippen LogP contribution in [0.2, 0.25) is 5.02 Å². The molecule has 1 heterocycles. The lowest BCUT2D eigenvalue weighted by molar-refractivity contribution is 0.132. The lowest BCUT2D eigenvalue weighted by Gasteiger charge is -2.34. The van der Waals surface area contributed by atoms with Crippen LogP contribution in [0, 0.1) is 0 Å². The van der Waals surface area contributed by atoms with E-state index < -0.39 is 0 Å². The standard InChI is InChI=1S/C13H20ClN3/c1-2-16-6-8-17(9-7-16)10-11-12(14)4-3-5-13(11)15/h3-5H,2,6-10,15H2,1H3. The zero-order valence-corrected chi connectivity index (χ0v) is 11.1. The van der Waals surface area contributed by atoms with Gasteiger partial charge in [0.1, 0.15) is 0 Å². The summed E-state index contributed by atoms with van der Waals surface area (Å²) < 4.78 is 0. The van der Waals surface area contributed by atoms with Gasteiger partial charge in [-0.3, -0.25) is 4.90 Å². The van der Waals surface area contributed by atoms with Crippen molar-refractivity contribution in [2.24, 2.45) is 0 Å². The van der Waals surface area contributed by atoms with Crippen molar-refractivity contribution in [2.75, 3.05) is 38.5 Å². The van der Waals surface area contributed by atoms with Crippen LogP contribution in [-0.2, 0) is 6.54 Å². The van der Waals surface area contributed by atoms with E-state index >= 15 is 0 Å². The quantitative estimate of drug-likeness (QED) is 0.837. The molecule has 1 aliphatic rings. The third kappa shape index (κ3) is 3.12. The second-order valence-electron chi connectivity index (χ2n) is 4.52. The number of hydrogen-bond acceptors (Lipinski definition) is 3. The highest BCUT2D eigenvalue weighted by Gasteiger charge is 2.17. The highest BCUT2D eigenvalue weighted by atomic mass is 35.5. The lowest BCUT2D eigenvalue weighted by Crippen LogP contribution is -2.45. The van der Waals surface area contributed by atoms with Crippen LogP contribution in [0.5, 0.6) is 0 Å². The van der Waals surface area contributed by atoms with Crippen molar-refractivity contribution in [3.05, 3.63) is 28.8 Å². The normalized spacial score (nSPS) is 18.5. The molecule has 1 aliphatic heterocycles. The summed E-state index contributed by atoms with van der Waals surface area (Å²) in [5, 5.41) is 0.780. The fourth-order valence-electron chi connectivity index (χ4n) is 2.23. The van der Waals surface area contributed by atoms with Crippen molar-refractivity contribution in [3.63, 3.8) is 0 Å². The molecule has 3 nitrogen and oxygen atoms in total. The van der Waals surface area contributed by atoms with E-state index in [2.05, 4.69) is 16.7 Å². The highest BCUT2D eigenvalue weighted by molar-refractivity contribution is 6.31. The minimum absolute atomic E-state index is 0.780. The van der Waals surface area contributed by atoms with Crippen molar-refractivity contribution in [1.82, 2.24) is 9.80 Å². The highest BCUT2D eigenvalue weighted by Crippen LogP contribution is 2.23. The van der Waals surface area contributed by atoms with Crippen molar-refractivity contribution >= 4 is 17.3 Å². The Labute approximate surface area is 108 Å². The van der Waals surface area contributed by atoms with Gasteiger partial charge in [0.2, 0.25) is 0 Å². The van der Waals surface area contributed by atoms with Crippen LogP contribution < -0.4 is 5.73 Å². The van der Waals surface area contributed by atoms with E-state index in [4.69, 9.17) is 17.3 Å². The van der Waals surface area contributed by atoms with Crippen LogP contribution in [-0.4, -0.2) is 42.5 Å². The number of likely N-dealkylation sites (N-methyl/N-ethyl adjacent to an activating group) is 1. The minimum atomic E-state index is 0.780. The molecule has 94 valence electrons. The average molecular weight is 254 g/mol. The van der Waals surface area contributed by atoms with Gasteiger partial charge in [-0.25, -0.2) is 0 Å². The SMILES string of the molecule is CCN1CCN(Cc2c(N)cccc2Cl)CC1. The molecular weight excluding hydrogens is 234 g/mol. The fraction of sp³-hybridized carbons (Fsp3) is 0.538. The number of hydrogen-bond donors (Lipinski definition) is 1. The maximum absolute atomic E-state index is 6.19. The molecule has 0 saturated carbocycles. The molecule has 2 rings (SSSR count). The van der Waals surface area contributed by atoms with Crippen LogP contribution in [0.1, 0.15) is 12.5 Å². The van der Waals surface area contributed by atoms with Gasteiger partial charge in [0.15, 0.2) is 0 Å². The van der Waals surface area contributed by atoms with Crippen molar-refractivity contribution in [2.45, 2.75) is 13.5 Å². The molecule has 1 aromatic carbocycles. The van der Waals surface area contributed by atoms with Gasteiger partial charge in [-0.15, -0.1) is 0 Å². The molecular formula is C13H20ClN3. The van der Waals surface area contributed by atoms with Crippen LogP contribution >= 0.6 is 11.6 Å². The molecule has 0 spiro atoms. The molecule has 0 aromatic heterocycles. The van der Waals surface area contributed by atoms with E-state index in [-0.39, 0.29) is 0 Å². The van der Waals surface area contributed by atoms with Crippen LogP contribution in [0.3, 0.4) is 0 Å². The molecule has 0 bridgehead atoms. The predicted molar refractivity (Wildman–Crippen MR) is 73.3 cm³/mol. The molecule has 0 aliphatic carbocycles. The summed E-state index contributed by atoms with van der Waals surface area (Å²) in [6.07, 6.45) is 0. The number of nitrogens with zero attached hydrogens (tertiary/aromatic N) is 2. The van der Waals surface area contributed by atoms with Gasteiger partial charge in [-0.05, 0) is 18.7 Å². The Morgan fingerprint density at radius 1 is 1.18 bits per heavy atom. The third-order valence-electron chi connectivity index (χ3n) is 3.45. The number of nitrogens with two attached hydrogens (primary N) is 1. The van der Waals surface area contributed by atoms with E-state index in [0.717, 1.165) is 55.5 Å². The van der Waals surface area contributed by atoms with Gasteiger partial charge in [-0.1, -0.05) is 24.6 Å². The molecule has 4 heteroatoms. The van der Waals surface area contributed by atoms with Crippen molar-refractivity contribution < 1.29 is 0 Å². The van der Waals surface area contributed by atoms with Gasteiger partial charge < -0.3 is 10.6 Å². The first-order chi connectivity index (χ1) is 8.20. The van der Waals surface area contributed by atoms with E-state index in [1.807, 2.05) is 18.2 Å². The second-order valence-corrected chi connectivity index (χ2v) is 4.93. The molecule has 1 aromatic rings. The summed E-state index contributed by atoms with van der Waals surface area (Å²) in [5.41, 5.74) is 7.84. The minimum Gasteiger partial charge on any atom is -0.398 e. The molecule has 17 heavy (non-hydrogen) atoms. The number of nitrogen functional groups attached to an aromatic ring is 1. The first-order valence-corrected chi connectivity index (χ1v) is 6.56. The van der Waals surface area contributed by atoms with Crippen molar-refractivity contribution in [3.8, 4) is 0 Å². The Hall–Kier alpha value is -0.770. The van der Waals surface area contributed by atoms with Crippen LogP contribution in [0.4, 0.5) is 5.69 Å². The number of anilines is 1. The molecule has 0 radical (unpaired) electrons. The van der Waals surface area contributed by atoms with E-state index in [0.29, 0.717) is 0 Å². The summed E-state index contributed by atoms with van der Waals surface area (Å²) in [5.74, 6) is 0. The Bertz CT molecular complexity index is 353. The molecule has 0 atom stereocenters. The van der Waals surface area contributed by atoms with E-state index in [1.54, 1.807) is 0 Å². The summed E-state index contributed by atoms with van der Waals surface area (Å²) in [6.45, 7) is 8.69. The largest absolute Gasteiger partial charge is 0.398 e. The summed E-state index contributed by atoms with van der Waals surface area (Å²) >= 11 is 6.19. The number of halogens is 1. The molecule has 1 saturated heterocycles. The zero-order valence-electron chi connectivity index (χ0n) is 10.3. The maximum Gasteiger partial charge on any atom is 0.0471 e. The van der Waals surface area contributed by atoms with Gasteiger partial charge in [-0.2, -0.15) is 0 Å². The van der Waals surface area contributed by atoms with Crippen molar-refractivity contribution in [1.29, 1.82) is 0 Å². The lowest BCUT2D eigenvalue weighted by atomic mass is 10.1. The number of benzene rings is 1. The Balaban J connectivity index is 1.98. The molecule has 2 N–H and O–H groups in total. The topological polar surface area (TPSA) is 32.5 Å². The number of rotatable bonds is 3. The second kappa shape index (κ2) is 5.71. The average Bonchev–Trinajstić information content (AvgIpc) is 2.35. The van der Waals surface area contributed by atoms with Crippen LogP contribution in [0.25, 0.3) is 0 Å².